The molecule has 1 saturated heterocycles. The summed E-state index contributed by atoms with van der Waals surface area (Å²) in [6, 6.07) is 3.45. The Balaban J connectivity index is 1.52. The zero-order valence-corrected chi connectivity index (χ0v) is 26.6. The van der Waals surface area contributed by atoms with Gasteiger partial charge in [-0.25, -0.2) is 4.90 Å². The van der Waals surface area contributed by atoms with Crippen molar-refractivity contribution < 1.29 is 55.4 Å². The molecule has 254 valence electrons. The number of amides is 2. The number of benzene rings is 2. The summed E-state index contributed by atoms with van der Waals surface area (Å²) in [5, 5.41) is 10.3. The molecule has 2 amide bonds. The first kappa shape index (κ1) is 33.8. The fraction of sp³-hybridized carbons (Fsp3) is 0.412. The molecule has 1 heterocycles. The van der Waals surface area contributed by atoms with Crippen LogP contribution in [0.25, 0.3) is 0 Å². The molecule has 7 nitrogen and oxygen atoms in total. The number of ketones is 2. The molecule has 4 aliphatic rings. The number of halogens is 7. The molecule has 1 aliphatic heterocycles. The van der Waals surface area contributed by atoms with Crippen LogP contribution in [0, 0.1) is 29.1 Å². The standard InChI is InChI=1S/C34H28ClF6NO6/c1-13-14(2)29(45)32(3)22(27(13)43)12-21-19(26(32)15-7-23(35)28(44)24(8-15)48-4)5-6-20-25(21)31(47)42(30(20)46)18-10-16(33(36,37)38)9-17(11-18)34(39,40)41/h5,7-11,20-22,25-26,44H,6,12H2,1-4H3/t20-,21+,22-,25-,26-,32+/m0/s1. The van der Waals surface area contributed by atoms with Crippen LogP contribution in [0.3, 0.4) is 0 Å². The first-order chi connectivity index (χ1) is 22.2. The lowest BCUT2D eigenvalue weighted by molar-refractivity contribution is -0.143. The summed E-state index contributed by atoms with van der Waals surface area (Å²) in [4.78, 5) is 56.3. The van der Waals surface area contributed by atoms with Crippen molar-refractivity contribution in [3.05, 3.63) is 74.8 Å². The molecule has 2 aromatic rings. The highest BCUT2D eigenvalue weighted by Crippen LogP contribution is 2.63. The average molecular weight is 696 g/mol. The summed E-state index contributed by atoms with van der Waals surface area (Å²) >= 11 is 6.36. The number of hydrogen-bond donors (Lipinski definition) is 1. The number of phenolic OH excluding ortho intramolecular Hbond substituents is 1. The average Bonchev–Trinajstić information content (AvgIpc) is 3.27. The third kappa shape index (κ3) is 4.79. The van der Waals surface area contributed by atoms with Gasteiger partial charge in [0.25, 0.3) is 0 Å². The topological polar surface area (TPSA) is 101 Å². The zero-order valence-electron chi connectivity index (χ0n) is 25.8. The lowest BCUT2D eigenvalue weighted by atomic mass is 9.46. The number of carbonyl (C=O) groups excluding carboxylic acids is 4. The lowest BCUT2D eigenvalue weighted by Crippen LogP contribution is -2.55. The molecular formula is C34H28ClF6NO6. The van der Waals surface area contributed by atoms with Crippen LogP contribution in [0.4, 0.5) is 32.0 Å². The molecule has 2 aromatic carbocycles. The van der Waals surface area contributed by atoms with Gasteiger partial charge >= 0.3 is 12.4 Å². The number of allylic oxidation sites excluding steroid dienone is 4. The maximum atomic E-state index is 14.2. The molecule has 6 rings (SSSR count). The largest absolute Gasteiger partial charge is 0.503 e. The monoisotopic (exact) mass is 695 g/mol. The Morgan fingerprint density at radius 2 is 1.50 bits per heavy atom. The van der Waals surface area contributed by atoms with E-state index < -0.39 is 76.0 Å². The number of phenols is 1. The number of ether oxygens (including phenoxy) is 1. The number of anilines is 1. The van der Waals surface area contributed by atoms with Gasteiger partial charge in [0.1, 0.15) is 0 Å². The van der Waals surface area contributed by atoms with Gasteiger partial charge in [-0.2, -0.15) is 26.3 Å². The van der Waals surface area contributed by atoms with Crippen molar-refractivity contribution in [1.82, 2.24) is 0 Å². The molecule has 1 saturated carbocycles. The second-order valence-electron chi connectivity index (χ2n) is 13.0. The summed E-state index contributed by atoms with van der Waals surface area (Å²) in [7, 11) is 1.29. The van der Waals surface area contributed by atoms with Crippen LogP contribution in [-0.4, -0.2) is 35.6 Å². The van der Waals surface area contributed by atoms with Gasteiger partial charge in [-0.05, 0) is 79.6 Å². The van der Waals surface area contributed by atoms with Gasteiger partial charge < -0.3 is 9.84 Å². The van der Waals surface area contributed by atoms with E-state index in [4.69, 9.17) is 16.3 Å². The number of nitrogens with zero attached hydrogens (tertiary/aromatic N) is 1. The van der Waals surface area contributed by atoms with Gasteiger partial charge in [-0.3, -0.25) is 19.2 Å². The van der Waals surface area contributed by atoms with Crippen LogP contribution in [0.2, 0.25) is 5.02 Å². The van der Waals surface area contributed by atoms with Crippen LogP contribution in [0.5, 0.6) is 11.5 Å². The molecule has 2 fully saturated rings. The fourth-order valence-corrected chi connectivity index (χ4v) is 8.42. The van der Waals surface area contributed by atoms with Crippen molar-refractivity contribution in [2.24, 2.45) is 29.1 Å². The van der Waals surface area contributed by atoms with Crippen LogP contribution in [-0.2, 0) is 31.5 Å². The highest BCUT2D eigenvalue weighted by atomic mass is 35.5. The van der Waals surface area contributed by atoms with Crippen LogP contribution < -0.4 is 9.64 Å². The van der Waals surface area contributed by atoms with E-state index in [9.17, 15) is 50.6 Å². The Morgan fingerprint density at radius 1 is 0.896 bits per heavy atom. The normalized spacial score (nSPS) is 29.1. The van der Waals surface area contributed by atoms with Crippen molar-refractivity contribution >= 4 is 40.7 Å². The van der Waals surface area contributed by atoms with Crippen molar-refractivity contribution in [2.45, 2.75) is 51.9 Å². The highest BCUT2D eigenvalue weighted by Gasteiger charge is 2.64. The number of aromatic hydroxyl groups is 1. The van der Waals surface area contributed by atoms with E-state index >= 15 is 0 Å². The summed E-state index contributed by atoms with van der Waals surface area (Å²) in [5.41, 5.74) is -4.32. The maximum Gasteiger partial charge on any atom is 0.416 e. The van der Waals surface area contributed by atoms with Gasteiger partial charge in [0.15, 0.2) is 23.1 Å². The van der Waals surface area contributed by atoms with Crippen molar-refractivity contribution in [2.75, 3.05) is 12.0 Å². The van der Waals surface area contributed by atoms with Gasteiger partial charge in [0.05, 0.1) is 46.2 Å². The summed E-state index contributed by atoms with van der Waals surface area (Å²) in [6.45, 7) is 4.68. The Bertz CT molecular complexity index is 1850. The van der Waals surface area contributed by atoms with E-state index in [1.807, 2.05) is 0 Å². The molecule has 3 aliphatic carbocycles. The van der Waals surface area contributed by atoms with Gasteiger partial charge in [-0.15, -0.1) is 0 Å². The van der Waals surface area contributed by atoms with Gasteiger partial charge in [0.2, 0.25) is 11.8 Å². The predicted octanol–water partition coefficient (Wildman–Crippen LogP) is 7.44. The Morgan fingerprint density at radius 3 is 2.06 bits per heavy atom. The van der Waals surface area contributed by atoms with Crippen molar-refractivity contribution in [3.63, 3.8) is 0 Å². The first-order valence-electron chi connectivity index (χ1n) is 14.9. The van der Waals surface area contributed by atoms with Crippen molar-refractivity contribution in [1.29, 1.82) is 0 Å². The number of imide groups is 1. The number of Topliss-reactive ketones (excluding diaryl/α,β-unsaturated/α-hetero) is 2. The highest BCUT2D eigenvalue weighted by molar-refractivity contribution is 6.32. The van der Waals surface area contributed by atoms with E-state index in [1.54, 1.807) is 13.0 Å². The number of rotatable bonds is 3. The van der Waals surface area contributed by atoms with Crippen LogP contribution in [0.15, 0.2) is 53.1 Å². The minimum Gasteiger partial charge on any atom is -0.503 e. The van der Waals surface area contributed by atoms with Gasteiger partial charge in [0, 0.05) is 11.8 Å². The second kappa shape index (κ2) is 10.9. The van der Waals surface area contributed by atoms with E-state index in [2.05, 4.69) is 0 Å². The fourth-order valence-electron chi connectivity index (χ4n) is 8.20. The minimum atomic E-state index is -5.21. The number of fused-ring (bicyclic) bond motifs is 4. The summed E-state index contributed by atoms with van der Waals surface area (Å²) < 4.78 is 87.5. The van der Waals surface area contributed by atoms with Crippen LogP contribution in [0.1, 0.15) is 56.2 Å². The van der Waals surface area contributed by atoms with E-state index in [0.29, 0.717) is 28.2 Å². The molecule has 14 heteroatoms. The molecule has 0 spiro atoms. The molecule has 0 aromatic heterocycles. The lowest BCUT2D eigenvalue weighted by Gasteiger charge is -2.54. The third-order valence-electron chi connectivity index (χ3n) is 10.6. The molecule has 0 radical (unpaired) electrons. The number of methoxy groups -OCH3 is 1. The SMILES string of the molecule is COc1cc([C@H]2C3=CC[C@@H]4C(=O)N(c5cc(C(F)(F)F)cc(C(F)(F)F)c5)C(=O)[C@@H]4[C@@H]3C[C@H]3C(=O)C(C)=C(C)C(=O)[C@@]23C)cc(Cl)c1O. The molecule has 0 bridgehead atoms. The Labute approximate surface area is 275 Å². The smallest absolute Gasteiger partial charge is 0.416 e. The third-order valence-corrected chi connectivity index (χ3v) is 10.9. The molecule has 1 N–H and O–H groups in total. The van der Waals surface area contributed by atoms with E-state index in [0.717, 1.165) is 0 Å². The number of alkyl halides is 6. The molecule has 0 unspecified atom stereocenters. The maximum absolute atomic E-state index is 14.2. The van der Waals surface area contributed by atoms with Crippen molar-refractivity contribution in [3.8, 4) is 11.5 Å². The number of carbonyl (C=O) groups is 4. The molecule has 48 heavy (non-hydrogen) atoms. The Hall–Kier alpha value is -4.13. The van der Waals surface area contributed by atoms with E-state index in [1.165, 1.54) is 33.1 Å². The molecular weight excluding hydrogens is 668 g/mol. The summed E-state index contributed by atoms with van der Waals surface area (Å²) in [6.07, 6.45) is -8.96. The quantitative estimate of drug-likeness (QED) is 0.204. The zero-order chi connectivity index (χ0) is 35.4. The minimum absolute atomic E-state index is 0.0320. The Kier molecular flexibility index (Phi) is 7.70. The van der Waals surface area contributed by atoms with Gasteiger partial charge in [-0.1, -0.05) is 30.2 Å². The summed E-state index contributed by atoms with van der Waals surface area (Å²) in [5.74, 6) is -8.32. The predicted molar refractivity (Wildman–Crippen MR) is 159 cm³/mol. The molecule has 6 atom stereocenters. The number of hydrogen-bond acceptors (Lipinski definition) is 6. The van der Waals surface area contributed by atoms with Crippen LogP contribution >= 0.6 is 11.6 Å². The first-order valence-corrected chi connectivity index (χ1v) is 15.3. The van der Waals surface area contributed by atoms with E-state index in [-0.39, 0.29) is 58.1 Å². The second-order valence-corrected chi connectivity index (χ2v) is 13.4.